The molecule has 0 heterocycles. The monoisotopic (exact) mass is 257 g/mol. The van der Waals surface area contributed by atoms with Gasteiger partial charge >= 0.3 is 0 Å². The summed E-state index contributed by atoms with van der Waals surface area (Å²) in [6, 6.07) is 1.25. The third-order valence-corrected chi connectivity index (χ3v) is 3.57. The van der Waals surface area contributed by atoms with Crippen LogP contribution >= 0.6 is 0 Å². The van der Waals surface area contributed by atoms with Gasteiger partial charge in [0.15, 0.2) is 0 Å². The summed E-state index contributed by atoms with van der Waals surface area (Å²) in [5.41, 5.74) is -0.0558. The number of rotatable bonds is 7. The van der Waals surface area contributed by atoms with E-state index in [4.69, 9.17) is 9.47 Å². The molecule has 108 valence electrons. The van der Waals surface area contributed by atoms with Crippen molar-refractivity contribution in [1.82, 2.24) is 5.32 Å². The van der Waals surface area contributed by atoms with E-state index in [0.717, 1.165) is 12.8 Å². The number of hydrogen-bond donors (Lipinski definition) is 1. The van der Waals surface area contributed by atoms with E-state index in [0.29, 0.717) is 37.3 Å². The van der Waals surface area contributed by atoms with E-state index >= 15 is 0 Å². The van der Waals surface area contributed by atoms with Gasteiger partial charge in [-0.1, -0.05) is 13.8 Å². The maximum Gasteiger partial charge on any atom is 0.0707 e. The zero-order chi connectivity index (χ0) is 13.8. The highest BCUT2D eigenvalue weighted by molar-refractivity contribution is 4.88. The molecule has 0 aromatic carbocycles. The highest BCUT2D eigenvalue weighted by Gasteiger charge is 2.30. The van der Waals surface area contributed by atoms with Crippen molar-refractivity contribution in [1.29, 1.82) is 0 Å². The van der Waals surface area contributed by atoms with Crippen LogP contribution in [0.4, 0.5) is 0 Å². The van der Waals surface area contributed by atoms with E-state index < -0.39 is 0 Å². The molecule has 0 aromatic heterocycles. The van der Waals surface area contributed by atoms with Crippen LogP contribution in [-0.4, -0.2) is 37.0 Å². The van der Waals surface area contributed by atoms with Gasteiger partial charge in [-0.05, 0) is 46.5 Å². The fraction of sp³-hybridized carbons (Fsp3) is 1.00. The number of hydrogen-bond acceptors (Lipinski definition) is 3. The lowest BCUT2D eigenvalue weighted by Gasteiger charge is -2.38. The van der Waals surface area contributed by atoms with E-state index in [1.165, 1.54) is 0 Å². The van der Waals surface area contributed by atoms with Gasteiger partial charge in [-0.2, -0.15) is 0 Å². The van der Waals surface area contributed by atoms with Crippen LogP contribution in [0.5, 0.6) is 0 Å². The SMILES string of the molecule is CC(C)[C@H](C)N[C@H]1C[C@@H](OCCOC(C)(C)C)C1. The van der Waals surface area contributed by atoms with Gasteiger partial charge in [-0.15, -0.1) is 0 Å². The van der Waals surface area contributed by atoms with Crippen molar-refractivity contribution in [2.45, 2.75) is 78.2 Å². The van der Waals surface area contributed by atoms with Gasteiger partial charge in [0.1, 0.15) is 0 Å². The summed E-state index contributed by atoms with van der Waals surface area (Å²) in [5.74, 6) is 0.699. The van der Waals surface area contributed by atoms with Gasteiger partial charge in [0.2, 0.25) is 0 Å². The largest absolute Gasteiger partial charge is 0.376 e. The van der Waals surface area contributed by atoms with E-state index in [1.807, 2.05) is 0 Å². The van der Waals surface area contributed by atoms with Crippen molar-refractivity contribution in [2.75, 3.05) is 13.2 Å². The van der Waals surface area contributed by atoms with Crippen LogP contribution in [-0.2, 0) is 9.47 Å². The minimum Gasteiger partial charge on any atom is -0.376 e. The molecule has 0 unspecified atom stereocenters. The number of ether oxygens (including phenoxy) is 2. The molecule has 3 nitrogen and oxygen atoms in total. The summed E-state index contributed by atoms with van der Waals surface area (Å²) in [6.45, 7) is 14.4. The molecular formula is C15H31NO2. The Labute approximate surface area is 113 Å². The summed E-state index contributed by atoms with van der Waals surface area (Å²) in [7, 11) is 0. The fourth-order valence-corrected chi connectivity index (χ4v) is 1.96. The van der Waals surface area contributed by atoms with Crippen molar-refractivity contribution >= 4 is 0 Å². The molecule has 3 heteroatoms. The Morgan fingerprint density at radius 1 is 1.11 bits per heavy atom. The molecule has 0 aromatic rings. The smallest absolute Gasteiger partial charge is 0.0707 e. The Morgan fingerprint density at radius 2 is 1.72 bits per heavy atom. The average Bonchev–Trinajstić information content (AvgIpc) is 2.17. The van der Waals surface area contributed by atoms with Crippen LogP contribution in [0.3, 0.4) is 0 Å². The predicted molar refractivity (Wildman–Crippen MR) is 75.9 cm³/mol. The van der Waals surface area contributed by atoms with Crippen LogP contribution < -0.4 is 5.32 Å². The van der Waals surface area contributed by atoms with Crippen molar-refractivity contribution in [3.63, 3.8) is 0 Å². The molecule has 1 N–H and O–H groups in total. The minimum absolute atomic E-state index is 0.0558. The molecule has 1 rings (SSSR count). The van der Waals surface area contributed by atoms with Crippen molar-refractivity contribution in [3.05, 3.63) is 0 Å². The zero-order valence-corrected chi connectivity index (χ0v) is 13.0. The Morgan fingerprint density at radius 3 is 2.22 bits per heavy atom. The van der Waals surface area contributed by atoms with Gasteiger partial charge in [0, 0.05) is 12.1 Å². The zero-order valence-electron chi connectivity index (χ0n) is 13.0. The number of nitrogens with one attached hydrogen (secondary N) is 1. The molecule has 18 heavy (non-hydrogen) atoms. The molecule has 1 fully saturated rings. The van der Waals surface area contributed by atoms with E-state index in [9.17, 15) is 0 Å². The third kappa shape index (κ3) is 6.17. The van der Waals surface area contributed by atoms with Gasteiger partial charge in [0.25, 0.3) is 0 Å². The highest BCUT2D eigenvalue weighted by Crippen LogP contribution is 2.24. The molecule has 0 aliphatic heterocycles. The fourth-order valence-electron chi connectivity index (χ4n) is 1.96. The second-order valence-electron chi connectivity index (χ2n) is 6.82. The summed E-state index contributed by atoms with van der Waals surface area (Å²) >= 11 is 0. The topological polar surface area (TPSA) is 30.5 Å². The first-order valence-electron chi connectivity index (χ1n) is 7.29. The van der Waals surface area contributed by atoms with Gasteiger partial charge in [-0.3, -0.25) is 0 Å². The maximum absolute atomic E-state index is 5.78. The van der Waals surface area contributed by atoms with Crippen LogP contribution in [0.2, 0.25) is 0 Å². The lowest BCUT2D eigenvalue weighted by molar-refractivity contribution is -0.0748. The predicted octanol–water partition coefficient (Wildman–Crippen LogP) is 2.98. The third-order valence-electron chi connectivity index (χ3n) is 3.57. The summed E-state index contributed by atoms with van der Waals surface area (Å²) in [6.07, 6.45) is 2.73. The molecule has 0 amide bonds. The van der Waals surface area contributed by atoms with Crippen molar-refractivity contribution < 1.29 is 9.47 Å². The quantitative estimate of drug-likeness (QED) is 0.711. The standard InChI is InChI=1S/C15H31NO2/c1-11(2)12(3)16-13-9-14(10-13)17-7-8-18-15(4,5)6/h11-14,16H,7-10H2,1-6H3/t12-,13-,14+/m0/s1. The van der Waals surface area contributed by atoms with E-state index in [1.54, 1.807) is 0 Å². The Hall–Kier alpha value is -0.120. The molecule has 0 spiro atoms. The summed E-state index contributed by atoms with van der Waals surface area (Å²) in [4.78, 5) is 0. The van der Waals surface area contributed by atoms with Gasteiger partial charge in [0.05, 0.1) is 24.9 Å². The minimum atomic E-state index is -0.0558. The lowest BCUT2D eigenvalue weighted by atomic mass is 9.88. The molecule has 0 bridgehead atoms. The molecule has 0 radical (unpaired) electrons. The molecular weight excluding hydrogens is 226 g/mol. The van der Waals surface area contributed by atoms with Crippen LogP contribution in [0.1, 0.15) is 54.4 Å². The van der Waals surface area contributed by atoms with Crippen molar-refractivity contribution in [3.8, 4) is 0 Å². The van der Waals surface area contributed by atoms with Crippen LogP contribution in [0.25, 0.3) is 0 Å². The molecule has 1 aliphatic carbocycles. The second kappa shape index (κ2) is 6.88. The first-order valence-corrected chi connectivity index (χ1v) is 7.29. The summed E-state index contributed by atoms with van der Waals surface area (Å²) < 4.78 is 11.4. The van der Waals surface area contributed by atoms with Gasteiger partial charge in [-0.25, -0.2) is 0 Å². The van der Waals surface area contributed by atoms with Gasteiger partial charge < -0.3 is 14.8 Å². The summed E-state index contributed by atoms with van der Waals surface area (Å²) in [5, 5.41) is 3.65. The average molecular weight is 257 g/mol. The van der Waals surface area contributed by atoms with Crippen LogP contribution in [0, 0.1) is 5.92 Å². The first-order chi connectivity index (χ1) is 8.28. The normalized spacial score (nSPS) is 26.2. The Bertz CT molecular complexity index is 229. The molecule has 1 aliphatic rings. The first kappa shape index (κ1) is 15.9. The Kier molecular flexibility index (Phi) is 6.09. The second-order valence-corrected chi connectivity index (χ2v) is 6.82. The Balaban J connectivity index is 1.99. The molecule has 1 saturated carbocycles. The highest BCUT2D eigenvalue weighted by atomic mass is 16.5. The molecule has 0 saturated heterocycles. The molecule has 1 atom stereocenters. The van der Waals surface area contributed by atoms with E-state index in [2.05, 4.69) is 46.9 Å². The lowest BCUT2D eigenvalue weighted by Crippen LogP contribution is -2.50. The van der Waals surface area contributed by atoms with E-state index in [-0.39, 0.29) is 5.60 Å². The van der Waals surface area contributed by atoms with Crippen LogP contribution in [0.15, 0.2) is 0 Å². The van der Waals surface area contributed by atoms with Crippen molar-refractivity contribution in [2.24, 2.45) is 5.92 Å². The maximum atomic E-state index is 5.78.